The second-order valence-electron chi connectivity index (χ2n) is 8.00. The number of aromatic nitrogens is 2. The molecule has 0 bridgehead atoms. The SMILES string of the molecule is Cc1nnsc1C(=O)N1CCC([C@H](Cc2ccccc2)N(C)C(=O)c2ccsc2)CC1. The lowest BCUT2D eigenvalue weighted by molar-refractivity contribution is 0.0524. The van der Waals surface area contributed by atoms with Crippen molar-refractivity contribution in [2.45, 2.75) is 32.2 Å². The lowest BCUT2D eigenvalue weighted by atomic mass is 9.84. The van der Waals surface area contributed by atoms with Gasteiger partial charge in [0.05, 0.1) is 11.3 Å². The number of hydrogen-bond donors (Lipinski definition) is 0. The van der Waals surface area contributed by atoms with Gasteiger partial charge in [-0.05, 0) is 60.6 Å². The fourth-order valence-corrected chi connectivity index (χ4v) is 5.53. The monoisotopic (exact) mass is 454 g/mol. The van der Waals surface area contributed by atoms with Crippen molar-refractivity contribution in [3.63, 3.8) is 0 Å². The molecule has 0 aliphatic carbocycles. The van der Waals surface area contributed by atoms with Gasteiger partial charge < -0.3 is 9.80 Å². The lowest BCUT2D eigenvalue weighted by Gasteiger charge is -2.40. The fourth-order valence-electron chi connectivity index (χ4n) is 4.27. The maximum atomic E-state index is 13.1. The molecule has 4 rings (SSSR count). The van der Waals surface area contributed by atoms with E-state index in [1.54, 1.807) is 0 Å². The number of benzene rings is 1. The van der Waals surface area contributed by atoms with E-state index in [-0.39, 0.29) is 17.9 Å². The minimum absolute atomic E-state index is 0.0215. The molecule has 3 heterocycles. The summed E-state index contributed by atoms with van der Waals surface area (Å²) in [5, 5.41) is 7.81. The summed E-state index contributed by atoms with van der Waals surface area (Å²) in [5.74, 6) is 0.415. The second kappa shape index (κ2) is 9.70. The minimum atomic E-state index is 0.0215. The maximum absolute atomic E-state index is 13.1. The Morgan fingerprint density at radius 2 is 1.94 bits per heavy atom. The molecule has 162 valence electrons. The van der Waals surface area contributed by atoms with E-state index in [1.807, 2.05) is 58.8 Å². The van der Waals surface area contributed by atoms with Crippen LogP contribution in [0.25, 0.3) is 0 Å². The van der Waals surface area contributed by atoms with Gasteiger partial charge in [-0.25, -0.2) is 0 Å². The fraction of sp³-hybridized carbons (Fsp3) is 0.391. The maximum Gasteiger partial charge on any atom is 0.267 e. The van der Waals surface area contributed by atoms with E-state index in [0.29, 0.717) is 29.6 Å². The average molecular weight is 455 g/mol. The Kier molecular flexibility index (Phi) is 6.77. The van der Waals surface area contributed by atoms with Crippen LogP contribution in [0.15, 0.2) is 47.2 Å². The molecule has 1 aliphatic rings. The third-order valence-electron chi connectivity index (χ3n) is 6.09. The van der Waals surface area contributed by atoms with Gasteiger partial charge in [0, 0.05) is 31.6 Å². The smallest absolute Gasteiger partial charge is 0.267 e. The highest BCUT2D eigenvalue weighted by molar-refractivity contribution is 7.08. The highest BCUT2D eigenvalue weighted by Gasteiger charge is 2.34. The zero-order valence-electron chi connectivity index (χ0n) is 17.7. The summed E-state index contributed by atoms with van der Waals surface area (Å²) in [5.41, 5.74) is 2.66. The zero-order chi connectivity index (χ0) is 21.8. The van der Waals surface area contributed by atoms with Gasteiger partial charge in [-0.15, -0.1) is 5.10 Å². The Balaban J connectivity index is 1.48. The first-order valence-electron chi connectivity index (χ1n) is 10.5. The van der Waals surface area contributed by atoms with Gasteiger partial charge in [0.1, 0.15) is 4.88 Å². The summed E-state index contributed by atoms with van der Waals surface area (Å²) < 4.78 is 3.90. The van der Waals surface area contributed by atoms with Crippen molar-refractivity contribution in [2.24, 2.45) is 5.92 Å². The standard InChI is InChI=1S/C23H26N4O2S2/c1-16-21(31-25-24-16)23(29)27-11-8-18(9-12-27)20(14-17-6-4-3-5-7-17)26(2)22(28)19-10-13-30-15-19/h3-7,10,13,15,18,20H,8-9,11-12,14H2,1-2H3/t20-/m0/s1. The van der Waals surface area contributed by atoms with E-state index in [1.165, 1.54) is 16.9 Å². The summed E-state index contributed by atoms with van der Waals surface area (Å²) >= 11 is 2.70. The molecule has 0 N–H and O–H groups in total. The molecule has 31 heavy (non-hydrogen) atoms. The lowest BCUT2D eigenvalue weighted by Crippen LogP contribution is -2.48. The van der Waals surface area contributed by atoms with Gasteiger partial charge in [0.25, 0.3) is 11.8 Å². The van der Waals surface area contributed by atoms with Crippen LogP contribution in [0.3, 0.4) is 0 Å². The van der Waals surface area contributed by atoms with Crippen LogP contribution in [0.2, 0.25) is 0 Å². The van der Waals surface area contributed by atoms with Crippen molar-refractivity contribution in [3.8, 4) is 0 Å². The summed E-state index contributed by atoms with van der Waals surface area (Å²) in [6.07, 6.45) is 2.55. The third-order valence-corrected chi connectivity index (χ3v) is 7.59. The Hall–Kier alpha value is -2.58. The highest BCUT2D eigenvalue weighted by atomic mass is 32.1. The van der Waals surface area contributed by atoms with E-state index in [4.69, 9.17) is 0 Å². The molecule has 2 amide bonds. The molecule has 1 atom stereocenters. The van der Waals surface area contributed by atoms with Crippen molar-refractivity contribution in [1.29, 1.82) is 0 Å². The largest absolute Gasteiger partial charge is 0.338 e. The van der Waals surface area contributed by atoms with Crippen LogP contribution in [0.5, 0.6) is 0 Å². The van der Waals surface area contributed by atoms with Gasteiger partial charge in [0.2, 0.25) is 0 Å². The van der Waals surface area contributed by atoms with Gasteiger partial charge in [-0.3, -0.25) is 9.59 Å². The van der Waals surface area contributed by atoms with Crippen LogP contribution in [0, 0.1) is 12.8 Å². The quantitative estimate of drug-likeness (QED) is 0.561. The Labute approximate surface area is 190 Å². The van der Waals surface area contributed by atoms with E-state index in [2.05, 4.69) is 21.7 Å². The van der Waals surface area contributed by atoms with Crippen LogP contribution >= 0.6 is 22.9 Å². The number of carbonyl (C=O) groups is 2. The number of thiophene rings is 1. The van der Waals surface area contributed by atoms with Crippen LogP contribution in [0.1, 0.15) is 44.1 Å². The molecule has 8 heteroatoms. The predicted octanol–water partition coefficient (Wildman–Crippen LogP) is 4.14. The molecule has 2 aromatic heterocycles. The number of likely N-dealkylation sites (N-methyl/N-ethyl adjacent to an activating group) is 1. The average Bonchev–Trinajstić information content (AvgIpc) is 3.49. The molecule has 1 fully saturated rings. The first-order chi connectivity index (χ1) is 15.0. The molecule has 0 saturated carbocycles. The van der Waals surface area contributed by atoms with Gasteiger partial charge in [0.15, 0.2) is 0 Å². The Morgan fingerprint density at radius 1 is 1.19 bits per heavy atom. The van der Waals surface area contributed by atoms with Crippen molar-refractivity contribution < 1.29 is 9.59 Å². The van der Waals surface area contributed by atoms with Crippen LogP contribution in [-0.4, -0.2) is 57.4 Å². The van der Waals surface area contributed by atoms with Crippen molar-refractivity contribution in [1.82, 2.24) is 19.4 Å². The van der Waals surface area contributed by atoms with Crippen molar-refractivity contribution in [2.75, 3.05) is 20.1 Å². The topological polar surface area (TPSA) is 66.4 Å². The normalized spacial score (nSPS) is 15.6. The van der Waals surface area contributed by atoms with E-state index in [0.717, 1.165) is 36.4 Å². The summed E-state index contributed by atoms with van der Waals surface area (Å²) in [6, 6.07) is 12.3. The third kappa shape index (κ3) is 4.85. The minimum Gasteiger partial charge on any atom is -0.338 e. The van der Waals surface area contributed by atoms with Gasteiger partial charge in [-0.2, -0.15) is 11.3 Å². The summed E-state index contributed by atoms with van der Waals surface area (Å²) in [6.45, 7) is 3.20. The number of aryl methyl sites for hydroxylation is 1. The number of carbonyl (C=O) groups excluding carboxylic acids is 2. The summed E-state index contributed by atoms with van der Waals surface area (Å²) in [7, 11) is 1.91. The predicted molar refractivity (Wildman–Crippen MR) is 124 cm³/mol. The number of likely N-dealkylation sites (tertiary alicyclic amines) is 1. The number of piperidine rings is 1. The number of hydrogen-bond acceptors (Lipinski definition) is 6. The van der Waals surface area contributed by atoms with Crippen LogP contribution < -0.4 is 0 Å². The molecule has 6 nitrogen and oxygen atoms in total. The Morgan fingerprint density at radius 3 is 2.55 bits per heavy atom. The first-order valence-corrected chi connectivity index (χ1v) is 12.2. The molecular formula is C23H26N4O2S2. The molecule has 0 unspecified atom stereocenters. The van der Waals surface area contributed by atoms with Crippen LogP contribution in [-0.2, 0) is 6.42 Å². The van der Waals surface area contributed by atoms with Gasteiger partial charge >= 0.3 is 0 Å². The molecule has 3 aromatic rings. The highest BCUT2D eigenvalue weighted by Crippen LogP contribution is 2.29. The first kappa shape index (κ1) is 21.6. The van der Waals surface area contributed by atoms with Crippen molar-refractivity contribution in [3.05, 3.63) is 68.9 Å². The molecule has 1 aliphatic heterocycles. The number of rotatable bonds is 6. The van der Waals surface area contributed by atoms with Gasteiger partial charge in [-0.1, -0.05) is 34.8 Å². The van der Waals surface area contributed by atoms with Crippen molar-refractivity contribution >= 4 is 34.7 Å². The molecule has 0 radical (unpaired) electrons. The number of amides is 2. The van der Waals surface area contributed by atoms with E-state index >= 15 is 0 Å². The van der Waals surface area contributed by atoms with Crippen LogP contribution in [0.4, 0.5) is 0 Å². The number of nitrogens with zero attached hydrogens (tertiary/aromatic N) is 4. The van der Waals surface area contributed by atoms with E-state index in [9.17, 15) is 9.59 Å². The molecular weight excluding hydrogens is 428 g/mol. The van der Waals surface area contributed by atoms with E-state index < -0.39 is 0 Å². The second-order valence-corrected chi connectivity index (χ2v) is 9.54. The molecule has 1 saturated heterocycles. The zero-order valence-corrected chi connectivity index (χ0v) is 19.4. The molecule has 0 spiro atoms. The Bertz CT molecular complexity index is 1010. The summed E-state index contributed by atoms with van der Waals surface area (Å²) in [4.78, 5) is 30.4. The molecule has 1 aromatic carbocycles.